The molecule has 1 unspecified atom stereocenters. The van der Waals surface area contributed by atoms with Gasteiger partial charge in [0, 0.05) is 11.6 Å². The molecule has 0 bridgehead atoms. The molecular weight excluding hydrogens is 174 g/mol. The monoisotopic (exact) mass is 195 g/mol. The van der Waals surface area contributed by atoms with Gasteiger partial charge in [0.15, 0.2) is 0 Å². The zero-order chi connectivity index (χ0) is 10.8. The van der Waals surface area contributed by atoms with Crippen LogP contribution in [0, 0.1) is 0 Å². The van der Waals surface area contributed by atoms with Crippen LogP contribution in [0.1, 0.15) is 59.2 Å². The predicted molar refractivity (Wildman–Crippen MR) is 58.3 cm³/mol. The van der Waals surface area contributed by atoms with Gasteiger partial charge in [-0.3, -0.25) is 0 Å². The van der Waals surface area contributed by atoms with Gasteiger partial charge in [0.1, 0.15) is 0 Å². The Morgan fingerprint density at radius 2 is 2.07 bits per heavy atom. The summed E-state index contributed by atoms with van der Waals surface area (Å²) in [5, 5.41) is 8.41. The molecule has 0 spiro atoms. The second-order valence-corrected chi connectivity index (χ2v) is 4.58. The van der Waals surface area contributed by atoms with Crippen molar-refractivity contribution in [2.75, 3.05) is 0 Å². The summed E-state index contributed by atoms with van der Waals surface area (Å²) in [6.07, 6.45) is 4.26. The molecule has 1 atom stereocenters. The van der Waals surface area contributed by atoms with E-state index in [1.807, 2.05) is 4.68 Å². The highest BCUT2D eigenvalue weighted by Gasteiger charge is 2.22. The molecule has 0 N–H and O–H groups in total. The minimum atomic E-state index is 0.145. The molecule has 0 saturated carbocycles. The zero-order valence-electron chi connectivity index (χ0n) is 9.91. The lowest BCUT2D eigenvalue weighted by molar-refractivity contribution is 0.464. The van der Waals surface area contributed by atoms with Crippen LogP contribution in [0.25, 0.3) is 0 Å². The van der Waals surface area contributed by atoms with Gasteiger partial charge in [0.2, 0.25) is 0 Å². The van der Waals surface area contributed by atoms with Gasteiger partial charge in [0.05, 0.1) is 11.7 Å². The van der Waals surface area contributed by atoms with E-state index in [4.69, 9.17) is 0 Å². The Hall–Kier alpha value is -0.860. The van der Waals surface area contributed by atoms with Crippen molar-refractivity contribution in [2.24, 2.45) is 0 Å². The third kappa shape index (κ3) is 2.14. The van der Waals surface area contributed by atoms with Crippen molar-refractivity contribution in [3.63, 3.8) is 0 Å². The Labute approximate surface area is 86.5 Å². The third-order valence-electron chi connectivity index (χ3n) is 3.13. The Bertz CT molecular complexity index is 288. The molecule has 1 aromatic rings. The minimum absolute atomic E-state index is 0.145. The summed E-state index contributed by atoms with van der Waals surface area (Å²) >= 11 is 0. The highest BCUT2D eigenvalue weighted by atomic mass is 15.4. The Morgan fingerprint density at radius 1 is 1.43 bits per heavy atom. The van der Waals surface area contributed by atoms with Crippen molar-refractivity contribution in [1.29, 1.82) is 0 Å². The van der Waals surface area contributed by atoms with E-state index in [0.29, 0.717) is 6.04 Å². The molecule has 0 saturated heterocycles. The number of nitrogens with zero attached hydrogens (tertiary/aromatic N) is 3. The molecule has 3 heteroatoms. The average Bonchev–Trinajstić information content (AvgIpc) is 2.66. The standard InChI is InChI=1S/C11H21N3/c1-6-9(3)14-8-10(12-13-14)11(4,5)7-2/h8-9H,6-7H2,1-5H3. The fourth-order valence-electron chi connectivity index (χ4n) is 1.17. The van der Waals surface area contributed by atoms with E-state index in [1.165, 1.54) is 0 Å². The Kier molecular flexibility index (Phi) is 3.29. The van der Waals surface area contributed by atoms with Crippen LogP contribution in [0.15, 0.2) is 6.20 Å². The number of hydrogen-bond acceptors (Lipinski definition) is 2. The largest absolute Gasteiger partial charge is 0.250 e. The number of aromatic nitrogens is 3. The first-order chi connectivity index (χ1) is 6.51. The molecule has 14 heavy (non-hydrogen) atoms. The summed E-state index contributed by atoms with van der Waals surface area (Å²) in [5.41, 5.74) is 1.24. The predicted octanol–water partition coefficient (Wildman–Crippen LogP) is 2.94. The van der Waals surface area contributed by atoms with Crippen molar-refractivity contribution in [3.05, 3.63) is 11.9 Å². The fraction of sp³-hybridized carbons (Fsp3) is 0.818. The van der Waals surface area contributed by atoms with Crippen molar-refractivity contribution in [1.82, 2.24) is 15.0 Å². The molecule has 1 heterocycles. The Balaban J connectivity index is 2.88. The van der Waals surface area contributed by atoms with Gasteiger partial charge in [-0.05, 0) is 19.8 Å². The maximum Gasteiger partial charge on any atom is 0.0883 e. The fourth-order valence-corrected chi connectivity index (χ4v) is 1.17. The summed E-state index contributed by atoms with van der Waals surface area (Å²) in [7, 11) is 0. The van der Waals surface area contributed by atoms with Crippen molar-refractivity contribution >= 4 is 0 Å². The van der Waals surface area contributed by atoms with Gasteiger partial charge in [-0.15, -0.1) is 5.10 Å². The van der Waals surface area contributed by atoms with Crippen LogP contribution in [0.5, 0.6) is 0 Å². The maximum absolute atomic E-state index is 4.24. The van der Waals surface area contributed by atoms with Crippen molar-refractivity contribution in [2.45, 2.75) is 58.9 Å². The van der Waals surface area contributed by atoms with E-state index in [-0.39, 0.29) is 5.41 Å². The van der Waals surface area contributed by atoms with Gasteiger partial charge in [-0.1, -0.05) is 32.9 Å². The molecule has 0 radical (unpaired) electrons. The van der Waals surface area contributed by atoms with E-state index < -0.39 is 0 Å². The van der Waals surface area contributed by atoms with Crippen LogP contribution in [-0.2, 0) is 5.41 Å². The smallest absolute Gasteiger partial charge is 0.0883 e. The molecule has 0 amide bonds. The maximum atomic E-state index is 4.24. The molecule has 0 fully saturated rings. The lowest BCUT2D eigenvalue weighted by atomic mass is 9.87. The van der Waals surface area contributed by atoms with Crippen molar-refractivity contribution in [3.8, 4) is 0 Å². The van der Waals surface area contributed by atoms with Crippen LogP contribution < -0.4 is 0 Å². The molecule has 1 rings (SSSR count). The second-order valence-electron chi connectivity index (χ2n) is 4.58. The molecule has 80 valence electrons. The second kappa shape index (κ2) is 4.11. The molecular formula is C11H21N3. The minimum Gasteiger partial charge on any atom is -0.250 e. The number of rotatable bonds is 4. The SMILES string of the molecule is CCC(C)n1cc(C(C)(C)CC)nn1. The van der Waals surface area contributed by atoms with Gasteiger partial charge in [-0.25, -0.2) is 4.68 Å². The van der Waals surface area contributed by atoms with Crippen LogP contribution in [0.3, 0.4) is 0 Å². The summed E-state index contributed by atoms with van der Waals surface area (Å²) in [6.45, 7) is 10.9. The quantitative estimate of drug-likeness (QED) is 0.739. The summed E-state index contributed by atoms with van der Waals surface area (Å²) < 4.78 is 1.97. The van der Waals surface area contributed by atoms with Gasteiger partial charge in [0.25, 0.3) is 0 Å². The van der Waals surface area contributed by atoms with E-state index >= 15 is 0 Å². The van der Waals surface area contributed by atoms with E-state index in [2.05, 4.69) is 51.1 Å². The lowest BCUT2D eigenvalue weighted by Crippen LogP contribution is -2.16. The van der Waals surface area contributed by atoms with Crippen molar-refractivity contribution < 1.29 is 0 Å². The number of hydrogen-bond donors (Lipinski definition) is 0. The van der Waals surface area contributed by atoms with E-state index in [0.717, 1.165) is 18.5 Å². The molecule has 0 aliphatic heterocycles. The topological polar surface area (TPSA) is 30.7 Å². The van der Waals surface area contributed by atoms with Gasteiger partial charge < -0.3 is 0 Å². The first-order valence-corrected chi connectivity index (χ1v) is 5.43. The normalized spacial score (nSPS) is 14.4. The highest BCUT2D eigenvalue weighted by molar-refractivity contribution is 5.08. The summed E-state index contributed by atoms with van der Waals surface area (Å²) in [4.78, 5) is 0. The molecule has 3 nitrogen and oxygen atoms in total. The van der Waals surface area contributed by atoms with Crippen LogP contribution >= 0.6 is 0 Å². The lowest BCUT2D eigenvalue weighted by Gasteiger charge is -2.18. The summed E-state index contributed by atoms with van der Waals surface area (Å²) in [5.74, 6) is 0. The molecule has 1 aromatic heterocycles. The van der Waals surface area contributed by atoms with E-state index in [1.54, 1.807) is 0 Å². The zero-order valence-corrected chi connectivity index (χ0v) is 9.91. The van der Waals surface area contributed by atoms with Gasteiger partial charge >= 0.3 is 0 Å². The molecule has 0 aromatic carbocycles. The van der Waals surface area contributed by atoms with Crippen LogP contribution in [0.4, 0.5) is 0 Å². The molecule has 0 aliphatic rings. The molecule has 0 aliphatic carbocycles. The first kappa shape index (κ1) is 11.2. The first-order valence-electron chi connectivity index (χ1n) is 5.43. The van der Waals surface area contributed by atoms with E-state index in [9.17, 15) is 0 Å². The Morgan fingerprint density at radius 3 is 2.57 bits per heavy atom. The summed E-state index contributed by atoms with van der Waals surface area (Å²) in [6, 6.07) is 0.448. The average molecular weight is 195 g/mol. The highest BCUT2D eigenvalue weighted by Crippen LogP contribution is 2.24. The van der Waals surface area contributed by atoms with Gasteiger partial charge in [-0.2, -0.15) is 0 Å². The third-order valence-corrected chi connectivity index (χ3v) is 3.13. The van der Waals surface area contributed by atoms with Crippen LogP contribution in [-0.4, -0.2) is 15.0 Å². The van der Waals surface area contributed by atoms with Crippen LogP contribution in [0.2, 0.25) is 0 Å².